The molecule has 0 aliphatic carbocycles. The number of rotatable bonds is 10. The van der Waals surface area contributed by atoms with Crippen LogP contribution < -0.4 is 14.2 Å². The summed E-state index contributed by atoms with van der Waals surface area (Å²) in [4.78, 5) is 4.83. The fourth-order valence-electron chi connectivity index (χ4n) is 2.71. The van der Waals surface area contributed by atoms with E-state index >= 15 is 0 Å². The number of aromatic nitrogens is 2. The van der Waals surface area contributed by atoms with Crippen LogP contribution >= 0.6 is 23.2 Å². The van der Waals surface area contributed by atoms with Crippen LogP contribution in [0.15, 0.2) is 63.9 Å². The summed E-state index contributed by atoms with van der Waals surface area (Å²) in [5.41, 5.74) is 1.34. The van der Waals surface area contributed by atoms with E-state index in [2.05, 4.69) is 10.3 Å². The average Bonchev–Trinajstić information content (AvgIpc) is 3.06. The summed E-state index contributed by atoms with van der Waals surface area (Å²) in [5.74, 6) is 3.30. The molecule has 7 nitrogen and oxygen atoms in total. The third-order valence-corrected chi connectivity index (χ3v) is 4.81. The van der Waals surface area contributed by atoms with Crippen molar-refractivity contribution in [1.29, 1.82) is 0 Å². The van der Waals surface area contributed by atoms with Gasteiger partial charge < -0.3 is 19.0 Å². The van der Waals surface area contributed by atoms with Gasteiger partial charge in [-0.05, 0) is 62.4 Å². The van der Waals surface area contributed by atoms with Crippen LogP contribution in [0.5, 0.6) is 28.9 Å². The lowest BCUT2D eigenvalue weighted by atomic mass is 10.2. The van der Waals surface area contributed by atoms with E-state index in [4.69, 9.17) is 42.3 Å². The zero-order chi connectivity index (χ0) is 23.8. The summed E-state index contributed by atoms with van der Waals surface area (Å²) in [6.07, 6.45) is 1.45. The van der Waals surface area contributed by atoms with E-state index in [-0.39, 0.29) is 11.1 Å². The van der Waals surface area contributed by atoms with Crippen molar-refractivity contribution in [2.24, 2.45) is 12.2 Å². The average molecular weight is 494 g/mol. The Balaban J connectivity index is 1.65. The molecular formula is C23H22Cl2FN3O4. The molecule has 0 radical (unpaired) electrons. The fourth-order valence-corrected chi connectivity index (χ4v) is 2.79. The van der Waals surface area contributed by atoms with Crippen LogP contribution in [0.2, 0.25) is 0 Å². The highest BCUT2D eigenvalue weighted by molar-refractivity contribution is 6.56. The lowest BCUT2D eigenvalue weighted by Crippen LogP contribution is -1.97. The third-order valence-electron chi connectivity index (χ3n) is 4.27. The minimum atomic E-state index is -0.612. The maximum absolute atomic E-state index is 12.2. The van der Waals surface area contributed by atoms with E-state index in [0.29, 0.717) is 45.9 Å². The fraction of sp³-hybridized carbons (Fsp3) is 0.217. The number of benzene rings is 2. The lowest BCUT2D eigenvalue weighted by molar-refractivity contribution is 0.129. The van der Waals surface area contributed by atoms with E-state index in [0.717, 1.165) is 0 Å². The zero-order valence-corrected chi connectivity index (χ0v) is 19.7. The SMILES string of the molecule is CC(Oc1ccc(Oc2ccc(Oc3c(/C=N/OCCF)c(C)nn3C)cc2)cc1)=C(Cl)Cl. The van der Waals surface area contributed by atoms with Crippen molar-refractivity contribution in [1.82, 2.24) is 9.78 Å². The van der Waals surface area contributed by atoms with Crippen LogP contribution in [0.4, 0.5) is 4.39 Å². The van der Waals surface area contributed by atoms with E-state index in [1.165, 1.54) is 6.21 Å². The second-order valence-electron chi connectivity index (χ2n) is 6.75. The normalized spacial score (nSPS) is 10.8. The van der Waals surface area contributed by atoms with Gasteiger partial charge in [-0.15, -0.1) is 0 Å². The van der Waals surface area contributed by atoms with E-state index in [1.54, 1.807) is 67.2 Å². The maximum atomic E-state index is 12.2. The van der Waals surface area contributed by atoms with E-state index in [9.17, 15) is 4.39 Å². The Morgan fingerprint density at radius 3 is 2.09 bits per heavy atom. The molecule has 3 aromatic rings. The molecular weight excluding hydrogens is 472 g/mol. The molecule has 0 bridgehead atoms. The zero-order valence-electron chi connectivity index (χ0n) is 18.2. The highest BCUT2D eigenvalue weighted by Crippen LogP contribution is 2.30. The first-order valence-corrected chi connectivity index (χ1v) is 10.6. The monoisotopic (exact) mass is 493 g/mol. The van der Waals surface area contributed by atoms with Gasteiger partial charge in [-0.2, -0.15) is 5.10 Å². The van der Waals surface area contributed by atoms with Gasteiger partial charge in [0.25, 0.3) is 0 Å². The van der Waals surface area contributed by atoms with Crippen LogP contribution in [0, 0.1) is 6.92 Å². The van der Waals surface area contributed by atoms with Crippen LogP contribution in [-0.4, -0.2) is 29.3 Å². The van der Waals surface area contributed by atoms with Crippen molar-refractivity contribution in [3.8, 4) is 28.9 Å². The summed E-state index contributed by atoms with van der Waals surface area (Å²) < 4.78 is 31.2. The molecule has 10 heteroatoms. The number of oxime groups is 1. The number of alkyl halides is 1. The summed E-state index contributed by atoms with van der Waals surface area (Å²) in [5, 5.41) is 8.09. The van der Waals surface area contributed by atoms with E-state index < -0.39 is 6.67 Å². The van der Waals surface area contributed by atoms with E-state index in [1.807, 2.05) is 6.92 Å². The van der Waals surface area contributed by atoms with Gasteiger partial charge in [0.05, 0.1) is 17.5 Å². The number of hydrogen-bond donors (Lipinski definition) is 0. The Bertz CT molecular complexity index is 1130. The Morgan fingerprint density at radius 1 is 1.00 bits per heavy atom. The summed E-state index contributed by atoms with van der Waals surface area (Å²) in [7, 11) is 1.76. The molecule has 0 atom stereocenters. The van der Waals surface area contributed by atoms with Crippen molar-refractivity contribution < 1.29 is 23.4 Å². The highest BCUT2D eigenvalue weighted by atomic mass is 35.5. The van der Waals surface area contributed by atoms with Gasteiger partial charge in [0.15, 0.2) is 0 Å². The summed E-state index contributed by atoms with van der Waals surface area (Å²) in [6.45, 7) is 2.77. The van der Waals surface area contributed by atoms with Gasteiger partial charge in [0.1, 0.15) is 46.5 Å². The van der Waals surface area contributed by atoms with Gasteiger partial charge in [0, 0.05) is 7.05 Å². The first-order chi connectivity index (χ1) is 15.9. The van der Waals surface area contributed by atoms with Crippen molar-refractivity contribution >= 4 is 29.4 Å². The number of aryl methyl sites for hydroxylation is 2. The van der Waals surface area contributed by atoms with Crippen LogP contribution in [0.25, 0.3) is 0 Å². The smallest absolute Gasteiger partial charge is 0.226 e. The lowest BCUT2D eigenvalue weighted by Gasteiger charge is -2.10. The molecule has 1 aromatic heterocycles. The molecule has 2 aromatic carbocycles. The highest BCUT2D eigenvalue weighted by Gasteiger charge is 2.14. The van der Waals surface area contributed by atoms with Crippen molar-refractivity contribution in [2.45, 2.75) is 13.8 Å². The standard InChI is InChI=1S/C23H22Cl2FN3O4/c1-15-21(14-27-30-13-12-26)23(29(3)28-15)33-20-10-8-19(9-11-20)32-18-6-4-17(5-7-18)31-16(2)22(24)25/h4-11,14H,12-13H2,1-3H3/b27-14+. The molecule has 0 N–H and O–H groups in total. The van der Waals surface area contributed by atoms with Gasteiger partial charge in [0.2, 0.25) is 5.88 Å². The molecule has 3 rings (SSSR count). The third kappa shape index (κ3) is 6.87. The molecule has 0 fully saturated rings. The number of allylic oxidation sites excluding steroid dienone is 1. The minimum absolute atomic E-state index is 0.0726. The molecule has 0 spiro atoms. The van der Waals surface area contributed by atoms with Gasteiger partial charge in [-0.1, -0.05) is 28.4 Å². The number of hydrogen-bond acceptors (Lipinski definition) is 6. The predicted molar refractivity (Wildman–Crippen MR) is 126 cm³/mol. The Labute approximate surface area is 200 Å². The quantitative estimate of drug-likeness (QED) is 0.136. The number of nitrogens with zero attached hydrogens (tertiary/aromatic N) is 3. The Kier molecular flexibility index (Phi) is 8.57. The van der Waals surface area contributed by atoms with Crippen LogP contribution in [0.1, 0.15) is 18.2 Å². The molecule has 0 aliphatic rings. The summed E-state index contributed by atoms with van der Waals surface area (Å²) in [6, 6.07) is 14.1. The minimum Gasteiger partial charge on any atom is -0.460 e. The topological polar surface area (TPSA) is 67.1 Å². The van der Waals surface area contributed by atoms with Crippen molar-refractivity contribution in [2.75, 3.05) is 13.3 Å². The van der Waals surface area contributed by atoms with Crippen LogP contribution in [-0.2, 0) is 11.9 Å². The Morgan fingerprint density at radius 2 is 1.55 bits per heavy atom. The Hall–Kier alpha value is -3.23. The van der Waals surface area contributed by atoms with Crippen molar-refractivity contribution in [3.05, 3.63) is 70.0 Å². The molecule has 0 saturated carbocycles. The first kappa shape index (κ1) is 24.4. The molecule has 1 heterocycles. The molecule has 0 amide bonds. The van der Waals surface area contributed by atoms with Crippen molar-refractivity contribution in [3.63, 3.8) is 0 Å². The predicted octanol–water partition coefficient (Wildman–Crippen LogP) is 6.68. The van der Waals surface area contributed by atoms with Crippen LogP contribution in [0.3, 0.4) is 0 Å². The number of ether oxygens (including phenoxy) is 3. The molecule has 33 heavy (non-hydrogen) atoms. The second-order valence-corrected chi connectivity index (χ2v) is 7.70. The van der Waals surface area contributed by atoms with Gasteiger partial charge >= 0.3 is 0 Å². The summed E-state index contributed by atoms with van der Waals surface area (Å²) >= 11 is 11.4. The second kappa shape index (κ2) is 11.6. The van der Waals surface area contributed by atoms with Gasteiger partial charge in [-0.25, -0.2) is 9.07 Å². The molecule has 0 saturated heterocycles. The molecule has 0 aliphatic heterocycles. The maximum Gasteiger partial charge on any atom is 0.226 e. The molecule has 174 valence electrons. The first-order valence-electron chi connectivity index (χ1n) is 9.88. The largest absolute Gasteiger partial charge is 0.460 e. The van der Waals surface area contributed by atoms with Gasteiger partial charge in [-0.3, -0.25) is 0 Å². The molecule has 0 unspecified atom stereocenters. The number of halogens is 3.